The minimum absolute atomic E-state index is 0.562. The molecule has 0 heterocycles. The van der Waals surface area contributed by atoms with Crippen molar-refractivity contribution in [1.29, 1.82) is 5.26 Å². The zero-order valence-electron chi connectivity index (χ0n) is 11.5. The standard InChI is InChI=1S/C16H16N2O2/c1-19-14-7-8-15(16(9-14)20-2)18-11-13-6-4-3-5-12(13)10-17/h3-9,18H,11H2,1-2H3. The van der Waals surface area contributed by atoms with E-state index < -0.39 is 0 Å². The first kappa shape index (κ1) is 13.8. The highest BCUT2D eigenvalue weighted by molar-refractivity contribution is 5.59. The van der Waals surface area contributed by atoms with E-state index >= 15 is 0 Å². The van der Waals surface area contributed by atoms with Crippen LogP contribution in [0.1, 0.15) is 11.1 Å². The molecule has 0 spiro atoms. The SMILES string of the molecule is COc1ccc(NCc2ccccc2C#N)c(OC)c1. The summed E-state index contributed by atoms with van der Waals surface area (Å²) in [7, 11) is 3.23. The Balaban J connectivity index is 2.17. The molecule has 20 heavy (non-hydrogen) atoms. The van der Waals surface area contributed by atoms with Gasteiger partial charge in [-0.05, 0) is 23.8 Å². The molecule has 2 rings (SSSR count). The van der Waals surface area contributed by atoms with E-state index in [-0.39, 0.29) is 0 Å². The van der Waals surface area contributed by atoms with Crippen molar-refractivity contribution < 1.29 is 9.47 Å². The van der Waals surface area contributed by atoms with Gasteiger partial charge in [-0.25, -0.2) is 0 Å². The molecule has 4 heteroatoms. The molecule has 0 aliphatic carbocycles. The van der Waals surface area contributed by atoms with Gasteiger partial charge >= 0.3 is 0 Å². The molecule has 0 fully saturated rings. The van der Waals surface area contributed by atoms with Gasteiger partial charge in [-0.3, -0.25) is 0 Å². The van der Waals surface area contributed by atoms with E-state index in [0.717, 1.165) is 17.0 Å². The maximum Gasteiger partial charge on any atom is 0.145 e. The molecule has 1 N–H and O–H groups in total. The molecule has 2 aromatic carbocycles. The molecule has 0 bridgehead atoms. The van der Waals surface area contributed by atoms with Crippen molar-refractivity contribution in [2.45, 2.75) is 6.54 Å². The first-order valence-corrected chi connectivity index (χ1v) is 6.22. The number of nitrogens with zero attached hydrogens (tertiary/aromatic N) is 1. The molecule has 0 unspecified atom stereocenters. The Labute approximate surface area is 118 Å². The molecule has 2 aromatic rings. The molecule has 102 valence electrons. The third kappa shape index (κ3) is 3.01. The molecule has 0 atom stereocenters. The molecular formula is C16H16N2O2. The number of nitriles is 1. The van der Waals surface area contributed by atoms with Gasteiger partial charge in [-0.2, -0.15) is 5.26 Å². The van der Waals surface area contributed by atoms with Gasteiger partial charge in [0.1, 0.15) is 11.5 Å². The van der Waals surface area contributed by atoms with Crippen molar-refractivity contribution in [3.05, 3.63) is 53.6 Å². The number of nitrogens with one attached hydrogen (secondary N) is 1. The smallest absolute Gasteiger partial charge is 0.145 e. The summed E-state index contributed by atoms with van der Waals surface area (Å²) in [5.74, 6) is 1.45. The molecule has 0 aliphatic heterocycles. The number of hydrogen-bond acceptors (Lipinski definition) is 4. The van der Waals surface area contributed by atoms with Gasteiger partial charge in [0.05, 0.1) is 31.5 Å². The largest absolute Gasteiger partial charge is 0.497 e. The van der Waals surface area contributed by atoms with Gasteiger partial charge in [-0.15, -0.1) is 0 Å². The molecule has 0 aliphatic rings. The number of hydrogen-bond donors (Lipinski definition) is 1. The lowest BCUT2D eigenvalue weighted by Gasteiger charge is -2.13. The van der Waals surface area contributed by atoms with Crippen LogP contribution >= 0.6 is 0 Å². The molecule has 4 nitrogen and oxygen atoms in total. The summed E-state index contributed by atoms with van der Waals surface area (Å²) in [5, 5.41) is 12.3. The number of benzene rings is 2. The lowest BCUT2D eigenvalue weighted by atomic mass is 10.1. The summed E-state index contributed by atoms with van der Waals surface area (Å²) in [4.78, 5) is 0. The Morgan fingerprint density at radius 1 is 1.10 bits per heavy atom. The summed E-state index contributed by atoms with van der Waals surface area (Å²) < 4.78 is 10.5. The van der Waals surface area contributed by atoms with E-state index in [2.05, 4.69) is 11.4 Å². The molecule has 0 aromatic heterocycles. The van der Waals surface area contributed by atoms with Crippen LogP contribution in [0.25, 0.3) is 0 Å². The molecule has 0 saturated carbocycles. The highest BCUT2D eigenvalue weighted by Gasteiger charge is 2.06. The van der Waals surface area contributed by atoms with E-state index in [0.29, 0.717) is 17.9 Å². The maximum absolute atomic E-state index is 9.07. The summed E-state index contributed by atoms with van der Waals surface area (Å²) in [6, 6.07) is 15.3. The number of rotatable bonds is 5. The average Bonchev–Trinajstić information content (AvgIpc) is 2.52. The Morgan fingerprint density at radius 2 is 1.90 bits per heavy atom. The van der Waals surface area contributed by atoms with Crippen LogP contribution in [-0.2, 0) is 6.54 Å². The van der Waals surface area contributed by atoms with Crippen molar-refractivity contribution in [3.8, 4) is 17.6 Å². The average molecular weight is 268 g/mol. The van der Waals surface area contributed by atoms with Crippen LogP contribution in [0.3, 0.4) is 0 Å². The van der Waals surface area contributed by atoms with Gasteiger partial charge in [0.25, 0.3) is 0 Å². The van der Waals surface area contributed by atoms with Crippen LogP contribution in [0.2, 0.25) is 0 Å². The molecule has 0 saturated heterocycles. The lowest BCUT2D eigenvalue weighted by Crippen LogP contribution is -2.03. The van der Waals surface area contributed by atoms with E-state index in [4.69, 9.17) is 14.7 Å². The maximum atomic E-state index is 9.07. The van der Waals surface area contributed by atoms with Gasteiger partial charge in [0.15, 0.2) is 0 Å². The predicted molar refractivity (Wildman–Crippen MR) is 78.0 cm³/mol. The Morgan fingerprint density at radius 3 is 2.60 bits per heavy atom. The zero-order valence-corrected chi connectivity index (χ0v) is 11.5. The highest BCUT2D eigenvalue weighted by Crippen LogP contribution is 2.29. The van der Waals surface area contributed by atoms with E-state index in [1.165, 1.54) is 0 Å². The Bertz CT molecular complexity index is 633. The van der Waals surface area contributed by atoms with E-state index in [1.807, 2.05) is 42.5 Å². The number of anilines is 1. The first-order chi connectivity index (χ1) is 9.78. The fourth-order valence-electron chi connectivity index (χ4n) is 1.92. The normalized spacial score (nSPS) is 9.65. The fourth-order valence-corrected chi connectivity index (χ4v) is 1.92. The third-order valence-electron chi connectivity index (χ3n) is 3.02. The second-order valence-electron chi connectivity index (χ2n) is 4.19. The Hall–Kier alpha value is -2.67. The summed E-state index contributed by atoms with van der Waals surface area (Å²) in [5.41, 5.74) is 2.49. The third-order valence-corrected chi connectivity index (χ3v) is 3.02. The van der Waals surface area contributed by atoms with Crippen molar-refractivity contribution in [1.82, 2.24) is 0 Å². The Kier molecular flexibility index (Phi) is 4.46. The second kappa shape index (κ2) is 6.48. The molecular weight excluding hydrogens is 252 g/mol. The van der Waals surface area contributed by atoms with Crippen LogP contribution in [0.15, 0.2) is 42.5 Å². The summed E-state index contributed by atoms with van der Waals surface area (Å²) >= 11 is 0. The van der Waals surface area contributed by atoms with Crippen molar-refractivity contribution in [3.63, 3.8) is 0 Å². The van der Waals surface area contributed by atoms with Gasteiger partial charge in [0, 0.05) is 12.6 Å². The second-order valence-corrected chi connectivity index (χ2v) is 4.19. The quantitative estimate of drug-likeness (QED) is 0.904. The van der Waals surface area contributed by atoms with Crippen LogP contribution in [0, 0.1) is 11.3 Å². The van der Waals surface area contributed by atoms with Gasteiger partial charge in [0.2, 0.25) is 0 Å². The van der Waals surface area contributed by atoms with Crippen LogP contribution in [0.5, 0.6) is 11.5 Å². The fraction of sp³-hybridized carbons (Fsp3) is 0.188. The van der Waals surface area contributed by atoms with E-state index in [9.17, 15) is 0 Å². The van der Waals surface area contributed by atoms with Crippen LogP contribution in [-0.4, -0.2) is 14.2 Å². The monoisotopic (exact) mass is 268 g/mol. The minimum Gasteiger partial charge on any atom is -0.497 e. The summed E-state index contributed by atoms with van der Waals surface area (Å²) in [6.45, 7) is 0.562. The van der Waals surface area contributed by atoms with Gasteiger partial charge in [-0.1, -0.05) is 18.2 Å². The molecule has 0 radical (unpaired) electrons. The van der Waals surface area contributed by atoms with Crippen LogP contribution < -0.4 is 14.8 Å². The number of ether oxygens (including phenoxy) is 2. The van der Waals surface area contributed by atoms with Crippen molar-refractivity contribution in [2.75, 3.05) is 19.5 Å². The van der Waals surface area contributed by atoms with Crippen molar-refractivity contribution in [2.24, 2.45) is 0 Å². The van der Waals surface area contributed by atoms with Crippen LogP contribution in [0.4, 0.5) is 5.69 Å². The lowest BCUT2D eigenvalue weighted by molar-refractivity contribution is 0.395. The van der Waals surface area contributed by atoms with Gasteiger partial charge < -0.3 is 14.8 Å². The predicted octanol–water partition coefficient (Wildman–Crippen LogP) is 3.19. The summed E-state index contributed by atoms with van der Waals surface area (Å²) in [6.07, 6.45) is 0. The topological polar surface area (TPSA) is 54.3 Å². The highest BCUT2D eigenvalue weighted by atomic mass is 16.5. The number of methoxy groups -OCH3 is 2. The molecule has 0 amide bonds. The first-order valence-electron chi connectivity index (χ1n) is 6.22. The van der Waals surface area contributed by atoms with E-state index in [1.54, 1.807) is 14.2 Å². The van der Waals surface area contributed by atoms with Crippen molar-refractivity contribution >= 4 is 5.69 Å². The minimum atomic E-state index is 0.562. The zero-order chi connectivity index (χ0) is 14.4.